The molecule has 0 aliphatic rings. The highest BCUT2D eigenvalue weighted by Gasteiger charge is 2.35. The van der Waals surface area contributed by atoms with Crippen LogP contribution in [0.2, 0.25) is 0 Å². The van der Waals surface area contributed by atoms with Crippen molar-refractivity contribution in [3.8, 4) is 0 Å². The Morgan fingerprint density at radius 3 is 1.69 bits per heavy atom. The van der Waals surface area contributed by atoms with Gasteiger partial charge in [-0.15, -0.1) is 0 Å². The normalized spacial score (nSPS) is 11.4. The van der Waals surface area contributed by atoms with Crippen molar-refractivity contribution in [1.82, 2.24) is 0 Å². The summed E-state index contributed by atoms with van der Waals surface area (Å²) in [6.07, 6.45) is 0. The summed E-state index contributed by atoms with van der Waals surface area (Å²) in [5.41, 5.74) is -1.64. The average Bonchev–Trinajstić information content (AvgIpc) is 2.03. The number of aliphatic hydroxyl groups is 1. The van der Waals surface area contributed by atoms with Crippen LogP contribution in [0, 0.1) is 0 Å². The lowest BCUT2D eigenvalue weighted by Gasteiger charge is -2.37. The minimum Gasteiger partial charge on any atom is -0.461 e. The molecular weight excluding hydrogens is 166 g/mol. The molecule has 5 heteroatoms. The lowest BCUT2D eigenvalue weighted by molar-refractivity contribution is -0.0889. The van der Waals surface area contributed by atoms with E-state index in [1.54, 1.807) is 27.7 Å². The molecule has 0 amide bonds. The Morgan fingerprint density at radius 2 is 1.46 bits per heavy atom. The highest BCUT2D eigenvalue weighted by atomic mass is 16.5. The van der Waals surface area contributed by atoms with Gasteiger partial charge in [0.1, 0.15) is 0 Å². The summed E-state index contributed by atoms with van der Waals surface area (Å²) in [6, 6.07) is 0. The Bertz CT molecular complexity index is 121. The number of hydrogen-bond acceptors (Lipinski definition) is 3. The molecule has 0 saturated heterocycles. The third-order valence-corrected chi connectivity index (χ3v) is 1.90. The molecule has 0 saturated carbocycles. The molecule has 0 bridgehead atoms. The predicted molar refractivity (Wildman–Crippen MR) is 56.5 cm³/mol. The second kappa shape index (κ2) is 6.46. The van der Waals surface area contributed by atoms with E-state index in [9.17, 15) is 5.11 Å². The van der Waals surface area contributed by atoms with Crippen molar-refractivity contribution in [2.45, 2.75) is 52.7 Å². The molecule has 0 rings (SSSR count). The molecule has 0 aromatic heterocycles. The average molecular weight is 186 g/mol. The fourth-order valence-corrected chi connectivity index (χ4v) is 0.345. The van der Waals surface area contributed by atoms with Crippen LogP contribution in [0.3, 0.4) is 0 Å². The summed E-state index contributed by atoms with van der Waals surface area (Å²) < 4.78 is 5.06. The minimum absolute atomic E-state index is 0.702. The van der Waals surface area contributed by atoms with E-state index in [2.05, 4.69) is 0 Å². The molecule has 2 radical (unpaired) electrons. The summed E-state index contributed by atoms with van der Waals surface area (Å²) in [7, 11) is 1.95. The van der Waals surface area contributed by atoms with Gasteiger partial charge in [-0.2, -0.15) is 0 Å². The van der Waals surface area contributed by atoms with Crippen molar-refractivity contribution < 1.29 is 14.8 Å². The smallest absolute Gasteiger partial charge is 0.283 e. The maximum atomic E-state index is 9.53. The minimum atomic E-state index is -0.938. The van der Waals surface area contributed by atoms with E-state index >= 15 is 0 Å². The zero-order valence-electron chi connectivity index (χ0n) is 9.46. The zero-order valence-corrected chi connectivity index (χ0v) is 9.46. The van der Waals surface area contributed by atoms with Crippen molar-refractivity contribution >= 4 is 14.7 Å². The molecule has 0 unspecified atom stereocenters. The highest BCUT2D eigenvalue weighted by molar-refractivity contribution is 6.93. The predicted octanol–water partition coefficient (Wildman–Crippen LogP) is 0.724. The van der Waals surface area contributed by atoms with Crippen LogP contribution in [0.4, 0.5) is 0 Å². The van der Waals surface area contributed by atoms with Crippen LogP contribution in [-0.4, -0.2) is 36.1 Å². The summed E-state index contributed by atoms with van der Waals surface area (Å²) in [4.78, 5) is 0. The quantitative estimate of drug-likeness (QED) is 0.636. The molecule has 0 heterocycles. The highest BCUT2D eigenvalue weighted by Crippen LogP contribution is 2.23. The van der Waals surface area contributed by atoms with E-state index < -0.39 is 11.2 Å². The Labute approximate surface area is 83.0 Å². The first-order valence-electron chi connectivity index (χ1n) is 4.50. The van der Waals surface area contributed by atoms with Crippen molar-refractivity contribution in [2.75, 3.05) is 0 Å². The SMILES string of the molecule is CC.CC(C)(O)C(C)(C)O[B][B]O. The van der Waals surface area contributed by atoms with Crippen LogP contribution < -0.4 is 0 Å². The Hall–Kier alpha value is 0.00987. The van der Waals surface area contributed by atoms with Gasteiger partial charge in [0.2, 0.25) is 0 Å². The number of rotatable bonds is 4. The molecule has 0 aliphatic heterocycles. The van der Waals surface area contributed by atoms with Gasteiger partial charge in [-0.25, -0.2) is 0 Å². The van der Waals surface area contributed by atoms with Gasteiger partial charge in [0.05, 0.1) is 11.2 Å². The first kappa shape index (κ1) is 15.5. The molecule has 76 valence electrons. The lowest BCUT2D eigenvalue weighted by Crippen LogP contribution is -2.48. The van der Waals surface area contributed by atoms with Crippen LogP contribution in [-0.2, 0) is 4.65 Å². The van der Waals surface area contributed by atoms with E-state index in [-0.39, 0.29) is 0 Å². The van der Waals surface area contributed by atoms with Gasteiger partial charge in [0.15, 0.2) is 0 Å². The van der Waals surface area contributed by atoms with Crippen LogP contribution >= 0.6 is 0 Å². The molecule has 0 spiro atoms. The van der Waals surface area contributed by atoms with Crippen molar-refractivity contribution in [3.63, 3.8) is 0 Å². The molecule has 2 N–H and O–H groups in total. The molecule has 0 aromatic carbocycles. The monoisotopic (exact) mass is 186 g/mol. The van der Waals surface area contributed by atoms with E-state index in [0.29, 0.717) is 0 Å². The summed E-state index contributed by atoms with van der Waals surface area (Å²) in [6.45, 7) is 10.8. The first-order chi connectivity index (χ1) is 5.81. The van der Waals surface area contributed by atoms with Crippen molar-refractivity contribution in [3.05, 3.63) is 0 Å². The maximum Gasteiger partial charge on any atom is 0.283 e. The Balaban J connectivity index is 0. The van der Waals surface area contributed by atoms with Crippen LogP contribution in [0.15, 0.2) is 0 Å². The number of hydrogen-bond donors (Lipinski definition) is 2. The van der Waals surface area contributed by atoms with Gasteiger partial charge < -0.3 is 14.8 Å². The van der Waals surface area contributed by atoms with E-state index in [0.717, 1.165) is 14.7 Å². The molecule has 0 fully saturated rings. The largest absolute Gasteiger partial charge is 0.461 e. The topological polar surface area (TPSA) is 49.7 Å². The second-order valence-electron chi connectivity index (χ2n) is 3.47. The van der Waals surface area contributed by atoms with Gasteiger partial charge in [0.25, 0.3) is 14.7 Å². The zero-order chi connectivity index (χ0) is 11.1. The maximum absolute atomic E-state index is 9.53. The van der Waals surface area contributed by atoms with Gasteiger partial charge >= 0.3 is 0 Å². The van der Waals surface area contributed by atoms with Gasteiger partial charge in [-0.1, -0.05) is 13.8 Å². The third kappa shape index (κ3) is 6.13. The molecule has 0 aromatic rings. The fraction of sp³-hybridized carbons (Fsp3) is 1.00. The molecule has 3 nitrogen and oxygen atoms in total. The molecule has 13 heavy (non-hydrogen) atoms. The third-order valence-electron chi connectivity index (χ3n) is 1.90. The van der Waals surface area contributed by atoms with Crippen LogP contribution in [0.5, 0.6) is 0 Å². The van der Waals surface area contributed by atoms with Crippen LogP contribution in [0.25, 0.3) is 0 Å². The summed E-state index contributed by atoms with van der Waals surface area (Å²) in [5, 5.41) is 17.8. The van der Waals surface area contributed by atoms with E-state index in [4.69, 9.17) is 9.68 Å². The molecular formula is C8H20B2O3. The Morgan fingerprint density at radius 1 is 1.08 bits per heavy atom. The van der Waals surface area contributed by atoms with Gasteiger partial charge in [0, 0.05) is 0 Å². The second-order valence-corrected chi connectivity index (χ2v) is 3.47. The summed E-state index contributed by atoms with van der Waals surface area (Å²) in [5.74, 6) is 0. The fourth-order valence-electron chi connectivity index (χ4n) is 0.345. The van der Waals surface area contributed by atoms with Crippen LogP contribution in [0.1, 0.15) is 41.5 Å². The van der Waals surface area contributed by atoms with E-state index in [1.807, 2.05) is 13.8 Å². The Kier molecular flexibility index (Phi) is 7.69. The van der Waals surface area contributed by atoms with Gasteiger partial charge in [-0.05, 0) is 27.7 Å². The van der Waals surface area contributed by atoms with E-state index in [1.165, 1.54) is 0 Å². The molecule has 0 aliphatic carbocycles. The molecule has 0 atom stereocenters. The first-order valence-corrected chi connectivity index (χ1v) is 4.50. The summed E-state index contributed by atoms with van der Waals surface area (Å²) >= 11 is 0. The van der Waals surface area contributed by atoms with Crippen molar-refractivity contribution in [2.24, 2.45) is 0 Å². The standard InChI is InChI=1S/C6H14B2O3.C2H6/c1-5(2,9)6(3,4)11-8-7-10;1-2/h9-10H,1-4H3;1-2H3. The van der Waals surface area contributed by atoms with Crippen molar-refractivity contribution in [1.29, 1.82) is 0 Å². The lowest BCUT2D eigenvalue weighted by atomic mass is 9.64. The van der Waals surface area contributed by atoms with Gasteiger partial charge in [-0.3, -0.25) is 0 Å².